The summed E-state index contributed by atoms with van der Waals surface area (Å²) in [6.45, 7) is 5.70. The minimum absolute atomic E-state index is 0.389. The van der Waals surface area contributed by atoms with Gasteiger partial charge in [0.25, 0.3) is 0 Å². The quantitative estimate of drug-likeness (QED) is 0.531. The van der Waals surface area contributed by atoms with Crippen LogP contribution in [0.4, 0.5) is 0 Å². The highest BCUT2D eigenvalue weighted by molar-refractivity contribution is 5.98. The molecule has 0 aromatic carbocycles. The number of ether oxygens (including phenoxy) is 1. The van der Waals surface area contributed by atoms with Gasteiger partial charge in [-0.3, -0.25) is 4.79 Å². The average molecular weight is 349 g/mol. The van der Waals surface area contributed by atoms with Gasteiger partial charge in [-0.15, -0.1) is 0 Å². The van der Waals surface area contributed by atoms with E-state index in [0.29, 0.717) is 17.7 Å². The van der Waals surface area contributed by atoms with Gasteiger partial charge in [-0.05, 0) is 32.3 Å². The van der Waals surface area contributed by atoms with Crippen molar-refractivity contribution in [3.05, 3.63) is 23.0 Å². The largest absolute Gasteiger partial charge is 0.480 e. The second kappa shape index (κ2) is 8.07. The van der Waals surface area contributed by atoms with Crippen molar-refractivity contribution < 1.29 is 19.4 Å². The van der Waals surface area contributed by atoms with Crippen LogP contribution < -0.4 is 0 Å². The summed E-state index contributed by atoms with van der Waals surface area (Å²) in [6.07, 6.45) is 9.84. The monoisotopic (exact) mass is 349 g/mol. The molecule has 2 atom stereocenters. The minimum atomic E-state index is -1.20. The second-order valence-corrected chi connectivity index (χ2v) is 7.46. The molecule has 0 amide bonds. The van der Waals surface area contributed by atoms with Crippen molar-refractivity contribution in [3.8, 4) is 0 Å². The van der Waals surface area contributed by atoms with Crippen molar-refractivity contribution in [1.82, 2.24) is 4.57 Å². The van der Waals surface area contributed by atoms with Gasteiger partial charge in [-0.25, -0.2) is 4.79 Å². The lowest BCUT2D eigenvalue weighted by molar-refractivity contribution is -0.149. The zero-order valence-electron chi connectivity index (χ0n) is 15.9. The molecule has 1 N–H and O–H groups in total. The molecule has 140 valence electrons. The summed E-state index contributed by atoms with van der Waals surface area (Å²) in [7, 11) is 1.80. The van der Waals surface area contributed by atoms with E-state index in [-0.39, 0.29) is 5.97 Å². The van der Waals surface area contributed by atoms with Crippen LogP contribution in [0.3, 0.4) is 0 Å². The number of carbonyl (C=O) groups excluding carboxylic acids is 1. The summed E-state index contributed by atoms with van der Waals surface area (Å²) in [6, 6.07) is 0. The maximum atomic E-state index is 12.4. The maximum absolute atomic E-state index is 12.4. The van der Waals surface area contributed by atoms with Crippen LogP contribution in [0, 0.1) is 6.92 Å². The first-order valence-electron chi connectivity index (χ1n) is 9.44. The average Bonchev–Trinajstić information content (AvgIpc) is 2.86. The van der Waals surface area contributed by atoms with E-state index in [1.165, 1.54) is 25.7 Å². The van der Waals surface area contributed by atoms with Crippen LogP contribution >= 0.6 is 0 Å². The number of hydrogen-bond donors (Lipinski definition) is 1. The Morgan fingerprint density at radius 2 is 1.84 bits per heavy atom. The molecule has 0 aliphatic carbocycles. The van der Waals surface area contributed by atoms with Crippen molar-refractivity contribution >= 4 is 11.9 Å². The smallest absolute Gasteiger partial charge is 0.340 e. The van der Waals surface area contributed by atoms with E-state index < -0.39 is 17.5 Å². The van der Waals surface area contributed by atoms with E-state index in [1.807, 2.05) is 13.1 Å². The van der Waals surface area contributed by atoms with E-state index in [2.05, 4.69) is 6.92 Å². The number of carbonyl (C=O) groups is 2. The van der Waals surface area contributed by atoms with E-state index in [4.69, 9.17) is 4.74 Å². The van der Waals surface area contributed by atoms with Gasteiger partial charge in [0.15, 0.2) is 0 Å². The number of aryl methyl sites for hydroxylation is 2. The Labute approximate surface area is 150 Å². The normalized spacial score (nSPS) is 22.6. The molecule has 0 bridgehead atoms. The first kappa shape index (κ1) is 19.5. The lowest BCUT2D eigenvalue weighted by Gasteiger charge is -2.38. The van der Waals surface area contributed by atoms with Crippen LogP contribution in [0.25, 0.3) is 0 Å². The lowest BCUT2D eigenvalue weighted by Crippen LogP contribution is -2.51. The van der Waals surface area contributed by atoms with Gasteiger partial charge >= 0.3 is 11.9 Å². The van der Waals surface area contributed by atoms with Gasteiger partial charge in [0, 0.05) is 13.2 Å². The highest BCUT2D eigenvalue weighted by atomic mass is 16.5. The van der Waals surface area contributed by atoms with Crippen molar-refractivity contribution in [3.63, 3.8) is 0 Å². The van der Waals surface area contributed by atoms with Crippen molar-refractivity contribution in [2.45, 2.75) is 83.7 Å². The molecule has 2 heterocycles. The molecule has 5 nitrogen and oxygen atoms in total. The molecule has 5 heteroatoms. The van der Waals surface area contributed by atoms with Crippen LogP contribution in [0.1, 0.15) is 86.8 Å². The Balaban J connectivity index is 2.10. The molecule has 2 unspecified atom stereocenters. The molecule has 0 saturated carbocycles. The third-order valence-corrected chi connectivity index (χ3v) is 5.47. The van der Waals surface area contributed by atoms with Gasteiger partial charge < -0.3 is 14.4 Å². The minimum Gasteiger partial charge on any atom is -0.480 e. The number of nitrogens with zero attached hydrogens (tertiary/aromatic N) is 1. The van der Waals surface area contributed by atoms with E-state index >= 15 is 0 Å². The molecule has 0 radical (unpaired) electrons. The number of rotatable bonds is 9. The summed E-state index contributed by atoms with van der Waals surface area (Å²) in [4.78, 5) is 24.5. The number of aromatic nitrogens is 1. The Kier molecular flexibility index (Phi) is 6.31. The van der Waals surface area contributed by atoms with Gasteiger partial charge in [0.2, 0.25) is 0 Å². The highest BCUT2D eigenvalue weighted by Crippen LogP contribution is 2.41. The van der Waals surface area contributed by atoms with E-state index in [1.54, 1.807) is 18.5 Å². The zero-order valence-corrected chi connectivity index (χ0v) is 15.9. The number of fused-ring (bicyclic) bond motifs is 1. The first-order chi connectivity index (χ1) is 11.8. The Bertz CT molecular complexity index is 634. The van der Waals surface area contributed by atoms with E-state index in [9.17, 15) is 14.7 Å². The summed E-state index contributed by atoms with van der Waals surface area (Å²) in [5, 5.41) is 9.93. The summed E-state index contributed by atoms with van der Waals surface area (Å²) < 4.78 is 7.37. The standard InChI is InChI=1S/C20H31NO4/c1-5-6-7-8-9-10-11-12-15-20(3,19(23)24)17-16(18(22)25-15)14(2)13-21(17)4/h13,15H,5-12H2,1-4H3,(H,23,24). The van der Waals surface area contributed by atoms with Gasteiger partial charge in [0.1, 0.15) is 11.5 Å². The molecular weight excluding hydrogens is 318 g/mol. The van der Waals surface area contributed by atoms with Crippen LogP contribution in [0.2, 0.25) is 0 Å². The van der Waals surface area contributed by atoms with Gasteiger partial charge in [-0.1, -0.05) is 45.4 Å². The van der Waals surface area contributed by atoms with Gasteiger partial charge in [-0.2, -0.15) is 0 Å². The molecule has 0 saturated heterocycles. The van der Waals surface area contributed by atoms with Gasteiger partial charge in [0.05, 0.1) is 11.3 Å². The zero-order chi connectivity index (χ0) is 18.6. The van der Waals surface area contributed by atoms with Crippen molar-refractivity contribution in [1.29, 1.82) is 0 Å². The highest BCUT2D eigenvalue weighted by Gasteiger charge is 2.53. The van der Waals surface area contributed by atoms with Crippen molar-refractivity contribution in [2.24, 2.45) is 7.05 Å². The molecule has 0 spiro atoms. The molecule has 0 fully saturated rings. The molecule has 1 aromatic rings. The number of hydrogen-bond acceptors (Lipinski definition) is 3. The number of aliphatic carboxylic acids is 1. The third kappa shape index (κ3) is 3.75. The molecule has 1 aliphatic rings. The number of carboxylic acids is 1. The summed E-state index contributed by atoms with van der Waals surface area (Å²) in [5.41, 5.74) is 0.559. The fourth-order valence-corrected chi connectivity index (χ4v) is 4.00. The molecular formula is C20H31NO4. The Morgan fingerprint density at radius 3 is 2.44 bits per heavy atom. The predicted octanol–water partition coefficient (Wildman–Crippen LogP) is 4.36. The number of carboxylic acid groups (broad SMARTS) is 1. The van der Waals surface area contributed by atoms with Crippen LogP contribution in [0.5, 0.6) is 0 Å². The second-order valence-electron chi connectivity index (χ2n) is 7.46. The fraction of sp³-hybridized carbons (Fsp3) is 0.700. The number of cyclic esters (lactones) is 1. The topological polar surface area (TPSA) is 68.5 Å². The van der Waals surface area contributed by atoms with E-state index in [0.717, 1.165) is 24.8 Å². The van der Waals surface area contributed by atoms with Crippen molar-refractivity contribution in [2.75, 3.05) is 0 Å². The third-order valence-electron chi connectivity index (χ3n) is 5.47. The Hall–Kier alpha value is -1.78. The Morgan fingerprint density at radius 1 is 1.24 bits per heavy atom. The lowest BCUT2D eigenvalue weighted by atomic mass is 9.75. The number of unbranched alkanes of at least 4 members (excludes halogenated alkanes) is 6. The number of esters is 1. The molecule has 1 aromatic heterocycles. The molecule has 2 rings (SSSR count). The first-order valence-corrected chi connectivity index (χ1v) is 9.44. The maximum Gasteiger partial charge on any atom is 0.340 e. The van der Waals surface area contributed by atoms with Crippen LogP contribution in [-0.2, 0) is 22.0 Å². The van der Waals surface area contributed by atoms with Crippen LogP contribution in [0.15, 0.2) is 6.20 Å². The summed E-state index contributed by atoms with van der Waals surface area (Å²) >= 11 is 0. The summed E-state index contributed by atoms with van der Waals surface area (Å²) in [5.74, 6) is -1.32. The molecule has 25 heavy (non-hydrogen) atoms. The molecule has 1 aliphatic heterocycles. The SMILES string of the molecule is CCCCCCCCCC1OC(=O)c2c(C)cn(C)c2C1(C)C(=O)O. The fourth-order valence-electron chi connectivity index (χ4n) is 4.00. The predicted molar refractivity (Wildman–Crippen MR) is 97.0 cm³/mol. The van der Waals surface area contributed by atoms with Crippen LogP contribution in [-0.4, -0.2) is 27.7 Å².